The Hall–Kier alpha value is -1.88. The van der Waals surface area contributed by atoms with Crippen molar-refractivity contribution in [3.05, 3.63) is 29.3 Å². The monoisotopic (exact) mass is 303 g/mol. The van der Waals surface area contributed by atoms with E-state index < -0.39 is 0 Å². The lowest BCUT2D eigenvalue weighted by Crippen LogP contribution is -2.43. The summed E-state index contributed by atoms with van der Waals surface area (Å²) in [7, 11) is 0. The Labute approximate surface area is 131 Å². The van der Waals surface area contributed by atoms with Gasteiger partial charge in [0.25, 0.3) is 0 Å². The molecule has 5 heteroatoms. The number of hydrogen-bond acceptors (Lipinski definition) is 3. The highest BCUT2D eigenvalue weighted by Gasteiger charge is 2.20. The maximum Gasteiger partial charge on any atom is 0.224 e. The molecule has 1 heterocycles. The van der Waals surface area contributed by atoms with Crippen LogP contribution in [-0.4, -0.2) is 35.8 Å². The molecule has 1 aliphatic rings. The molecule has 1 aromatic rings. The number of anilines is 1. The quantitative estimate of drug-likeness (QED) is 0.893. The molecule has 0 atom stereocenters. The number of piperidine rings is 1. The zero-order valence-electron chi connectivity index (χ0n) is 13.4. The normalized spacial score (nSPS) is 15.7. The minimum Gasteiger partial charge on any atom is -0.343 e. The van der Waals surface area contributed by atoms with Gasteiger partial charge in [0.05, 0.1) is 0 Å². The number of likely N-dealkylation sites (tertiary alicyclic amines) is 1. The van der Waals surface area contributed by atoms with Crippen molar-refractivity contribution < 1.29 is 9.59 Å². The Morgan fingerprint density at radius 2 is 1.91 bits per heavy atom. The lowest BCUT2D eigenvalue weighted by atomic mass is 10.1. The lowest BCUT2D eigenvalue weighted by molar-refractivity contribution is -0.133. The number of nitrogens with one attached hydrogen (secondary N) is 1. The molecule has 2 amide bonds. The highest BCUT2D eigenvalue weighted by Crippen LogP contribution is 2.18. The van der Waals surface area contributed by atoms with E-state index in [1.165, 1.54) is 0 Å². The number of amides is 2. The van der Waals surface area contributed by atoms with Crippen molar-refractivity contribution in [1.29, 1.82) is 0 Å². The molecule has 1 saturated heterocycles. The van der Waals surface area contributed by atoms with Crippen molar-refractivity contribution in [2.75, 3.05) is 18.4 Å². The summed E-state index contributed by atoms with van der Waals surface area (Å²) in [6, 6.07) is 6.01. The van der Waals surface area contributed by atoms with Gasteiger partial charge < -0.3 is 16.0 Å². The number of nitrogens with two attached hydrogens (primary N) is 1. The molecule has 1 aromatic carbocycles. The predicted molar refractivity (Wildman–Crippen MR) is 87.6 cm³/mol. The Morgan fingerprint density at radius 1 is 1.23 bits per heavy atom. The summed E-state index contributed by atoms with van der Waals surface area (Å²) in [6.07, 6.45) is 2.17. The van der Waals surface area contributed by atoms with Gasteiger partial charge in [-0.1, -0.05) is 12.1 Å². The lowest BCUT2D eigenvalue weighted by Gasteiger charge is -2.30. The van der Waals surface area contributed by atoms with Crippen LogP contribution in [0.15, 0.2) is 18.2 Å². The number of rotatable bonds is 4. The number of nitrogens with zero attached hydrogens (tertiary/aromatic N) is 1. The number of carbonyl (C=O) groups excluding carboxylic acids is 2. The molecule has 0 spiro atoms. The molecule has 0 radical (unpaired) electrons. The Balaban J connectivity index is 1.80. The first-order chi connectivity index (χ1) is 10.5. The second-order valence-corrected chi connectivity index (χ2v) is 6.01. The smallest absolute Gasteiger partial charge is 0.224 e. The SMILES string of the molecule is Cc1cccc(NC(=O)CCC(=O)N2CCC(N)CC2)c1C. The maximum atomic E-state index is 12.1. The number of aryl methyl sites for hydroxylation is 1. The van der Waals surface area contributed by atoms with E-state index in [1.54, 1.807) is 0 Å². The van der Waals surface area contributed by atoms with E-state index in [-0.39, 0.29) is 30.7 Å². The van der Waals surface area contributed by atoms with Crippen molar-refractivity contribution in [1.82, 2.24) is 4.90 Å². The predicted octanol–water partition coefficient (Wildman–Crippen LogP) is 1.97. The van der Waals surface area contributed by atoms with Crippen LogP contribution in [0.4, 0.5) is 5.69 Å². The fourth-order valence-electron chi connectivity index (χ4n) is 2.63. The summed E-state index contributed by atoms with van der Waals surface area (Å²) in [5, 5.41) is 2.89. The molecule has 0 unspecified atom stereocenters. The first kappa shape index (κ1) is 16.5. The minimum absolute atomic E-state index is 0.0445. The number of benzene rings is 1. The molecule has 0 aromatic heterocycles. The van der Waals surface area contributed by atoms with E-state index in [1.807, 2.05) is 36.9 Å². The van der Waals surface area contributed by atoms with Crippen LogP contribution in [0.5, 0.6) is 0 Å². The molecule has 3 N–H and O–H groups in total. The van der Waals surface area contributed by atoms with Crippen molar-refractivity contribution in [2.24, 2.45) is 5.73 Å². The van der Waals surface area contributed by atoms with Crippen LogP contribution < -0.4 is 11.1 Å². The fraction of sp³-hybridized carbons (Fsp3) is 0.529. The van der Waals surface area contributed by atoms with Gasteiger partial charge in [-0.3, -0.25) is 9.59 Å². The molecule has 2 rings (SSSR count). The topological polar surface area (TPSA) is 75.4 Å². The molecule has 22 heavy (non-hydrogen) atoms. The molecular formula is C17H25N3O2. The van der Waals surface area contributed by atoms with Crippen molar-refractivity contribution in [2.45, 2.75) is 45.6 Å². The van der Waals surface area contributed by atoms with Gasteiger partial charge >= 0.3 is 0 Å². The molecule has 0 aliphatic carbocycles. The zero-order valence-corrected chi connectivity index (χ0v) is 13.4. The van der Waals surface area contributed by atoms with Crippen LogP contribution in [0.25, 0.3) is 0 Å². The maximum absolute atomic E-state index is 12.1. The summed E-state index contributed by atoms with van der Waals surface area (Å²) in [5.41, 5.74) is 8.85. The second kappa shape index (κ2) is 7.40. The molecule has 120 valence electrons. The summed E-state index contributed by atoms with van der Waals surface area (Å²) in [5.74, 6) is -0.0706. The highest BCUT2D eigenvalue weighted by molar-refractivity contribution is 5.94. The van der Waals surface area contributed by atoms with E-state index in [0.717, 1.165) is 29.7 Å². The summed E-state index contributed by atoms with van der Waals surface area (Å²) < 4.78 is 0. The van der Waals surface area contributed by atoms with Crippen LogP contribution in [0.2, 0.25) is 0 Å². The van der Waals surface area contributed by atoms with Gasteiger partial charge in [-0.05, 0) is 43.9 Å². The van der Waals surface area contributed by atoms with Gasteiger partial charge in [-0.2, -0.15) is 0 Å². The van der Waals surface area contributed by atoms with E-state index in [2.05, 4.69) is 5.32 Å². The van der Waals surface area contributed by atoms with Gasteiger partial charge in [0, 0.05) is 37.7 Å². The van der Waals surface area contributed by atoms with Crippen LogP contribution in [0, 0.1) is 13.8 Å². The first-order valence-corrected chi connectivity index (χ1v) is 7.87. The van der Waals surface area contributed by atoms with Crippen LogP contribution in [0.1, 0.15) is 36.8 Å². The highest BCUT2D eigenvalue weighted by atomic mass is 16.2. The summed E-state index contributed by atoms with van der Waals surface area (Å²) in [6.45, 7) is 5.40. The number of hydrogen-bond donors (Lipinski definition) is 2. The summed E-state index contributed by atoms with van der Waals surface area (Å²) in [4.78, 5) is 25.9. The molecule has 1 aliphatic heterocycles. The van der Waals surface area contributed by atoms with Crippen molar-refractivity contribution in [3.8, 4) is 0 Å². The van der Waals surface area contributed by atoms with Crippen molar-refractivity contribution >= 4 is 17.5 Å². The van der Waals surface area contributed by atoms with Crippen LogP contribution >= 0.6 is 0 Å². The standard InChI is InChI=1S/C17H25N3O2/c1-12-4-3-5-15(13(12)2)19-16(21)6-7-17(22)20-10-8-14(18)9-11-20/h3-5,14H,6-11,18H2,1-2H3,(H,19,21). The molecule has 5 nitrogen and oxygen atoms in total. The van der Waals surface area contributed by atoms with Gasteiger partial charge in [0.2, 0.25) is 11.8 Å². The van der Waals surface area contributed by atoms with Crippen LogP contribution in [0.3, 0.4) is 0 Å². The fourth-order valence-corrected chi connectivity index (χ4v) is 2.63. The average molecular weight is 303 g/mol. The summed E-state index contributed by atoms with van der Waals surface area (Å²) >= 11 is 0. The van der Waals surface area contributed by atoms with Gasteiger partial charge in [-0.25, -0.2) is 0 Å². The number of carbonyl (C=O) groups is 2. The van der Waals surface area contributed by atoms with Crippen molar-refractivity contribution in [3.63, 3.8) is 0 Å². The van der Waals surface area contributed by atoms with E-state index in [9.17, 15) is 9.59 Å². The largest absolute Gasteiger partial charge is 0.343 e. The third-order valence-corrected chi connectivity index (χ3v) is 4.34. The zero-order chi connectivity index (χ0) is 16.1. The molecular weight excluding hydrogens is 278 g/mol. The molecule has 0 saturated carbocycles. The molecule has 0 bridgehead atoms. The third-order valence-electron chi connectivity index (χ3n) is 4.34. The van der Waals surface area contributed by atoms with E-state index in [0.29, 0.717) is 13.1 Å². The second-order valence-electron chi connectivity index (χ2n) is 6.01. The Morgan fingerprint density at radius 3 is 2.59 bits per heavy atom. The van der Waals surface area contributed by atoms with Gasteiger partial charge in [0.1, 0.15) is 0 Å². The van der Waals surface area contributed by atoms with E-state index in [4.69, 9.17) is 5.73 Å². The first-order valence-electron chi connectivity index (χ1n) is 7.87. The Kier molecular flexibility index (Phi) is 5.55. The molecule has 1 fully saturated rings. The van der Waals surface area contributed by atoms with Gasteiger partial charge in [0.15, 0.2) is 0 Å². The van der Waals surface area contributed by atoms with Gasteiger partial charge in [-0.15, -0.1) is 0 Å². The van der Waals surface area contributed by atoms with E-state index >= 15 is 0 Å². The average Bonchev–Trinajstić information content (AvgIpc) is 2.50. The minimum atomic E-state index is -0.115. The van der Waals surface area contributed by atoms with Crippen LogP contribution in [-0.2, 0) is 9.59 Å². The third kappa shape index (κ3) is 4.31. The Bertz CT molecular complexity index is 549.